The molecule has 6 heteroatoms. The fourth-order valence-electron chi connectivity index (χ4n) is 3.24. The van der Waals surface area contributed by atoms with Crippen molar-refractivity contribution in [3.63, 3.8) is 0 Å². The number of carbonyl (C=O) groups is 2. The van der Waals surface area contributed by atoms with Crippen molar-refractivity contribution in [2.75, 3.05) is 32.7 Å². The van der Waals surface area contributed by atoms with E-state index in [0.29, 0.717) is 38.5 Å². The normalized spacial score (nSPS) is 16.8. The molecular formula is C22H35N3O3. The third-order valence-electron chi connectivity index (χ3n) is 4.88. The summed E-state index contributed by atoms with van der Waals surface area (Å²) in [6.07, 6.45) is -0.531. The highest BCUT2D eigenvalue weighted by Crippen LogP contribution is 2.24. The average molecular weight is 390 g/mol. The lowest BCUT2D eigenvalue weighted by atomic mass is 9.87. The van der Waals surface area contributed by atoms with Crippen molar-refractivity contribution < 1.29 is 14.3 Å². The maximum Gasteiger partial charge on any atom is 0.263 e. The van der Waals surface area contributed by atoms with Crippen molar-refractivity contribution in [2.24, 2.45) is 0 Å². The minimum Gasteiger partial charge on any atom is -0.481 e. The van der Waals surface area contributed by atoms with Gasteiger partial charge in [0.05, 0.1) is 6.54 Å². The summed E-state index contributed by atoms with van der Waals surface area (Å²) in [5.41, 5.74) is 1.32. The minimum absolute atomic E-state index is 0.00817. The summed E-state index contributed by atoms with van der Waals surface area (Å²) in [5, 5.41) is 2.90. The van der Waals surface area contributed by atoms with E-state index in [9.17, 15) is 9.59 Å². The van der Waals surface area contributed by atoms with Crippen molar-refractivity contribution in [3.05, 3.63) is 29.8 Å². The second-order valence-electron chi connectivity index (χ2n) is 8.86. The fraction of sp³-hybridized carbons (Fsp3) is 0.636. The van der Waals surface area contributed by atoms with Gasteiger partial charge in [-0.15, -0.1) is 0 Å². The molecule has 1 unspecified atom stereocenters. The van der Waals surface area contributed by atoms with Gasteiger partial charge in [-0.25, -0.2) is 0 Å². The summed E-state index contributed by atoms with van der Waals surface area (Å²) in [7, 11) is 0. The highest BCUT2D eigenvalue weighted by atomic mass is 16.5. The molecule has 1 aromatic rings. The lowest BCUT2D eigenvalue weighted by Crippen LogP contribution is -2.53. The predicted molar refractivity (Wildman–Crippen MR) is 112 cm³/mol. The van der Waals surface area contributed by atoms with Gasteiger partial charge in [-0.1, -0.05) is 32.9 Å². The van der Waals surface area contributed by atoms with E-state index in [1.54, 1.807) is 6.92 Å². The maximum atomic E-state index is 12.7. The number of piperazine rings is 1. The molecule has 0 aromatic heterocycles. The number of hydrogen-bond acceptors (Lipinski definition) is 4. The molecule has 0 saturated carbocycles. The molecule has 6 nitrogen and oxygen atoms in total. The summed E-state index contributed by atoms with van der Waals surface area (Å²) in [6.45, 7) is 15.2. The molecule has 0 radical (unpaired) electrons. The molecule has 1 saturated heterocycles. The monoisotopic (exact) mass is 389 g/mol. The number of nitrogens with one attached hydrogen (secondary N) is 1. The van der Waals surface area contributed by atoms with Crippen LogP contribution in [0.15, 0.2) is 24.3 Å². The Labute approximate surface area is 169 Å². The van der Waals surface area contributed by atoms with E-state index >= 15 is 0 Å². The zero-order chi connectivity index (χ0) is 20.9. The van der Waals surface area contributed by atoms with Crippen molar-refractivity contribution in [1.82, 2.24) is 15.1 Å². The van der Waals surface area contributed by atoms with Crippen molar-refractivity contribution in [1.29, 1.82) is 0 Å². The quantitative estimate of drug-likeness (QED) is 0.812. The van der Waals surface area contributed by atoms with Crippen LogP contribution in [0.4, 0.5) is 0 Å². The van der Waals surface area contributed by atoms with Crippen LogP contribution in [0.3, 0.4) is 0 Å². The van der Waals surface area contributed by atoms with Crippen molar-refractivity contribution in [2.45, 2.75) is 59.1 Å². The van der Waals surface area contributed by atoms with Crippen LogP contribution < -0.4 is 10.1 Å². The van der Waals surface area contributed by atoms with Gasteiger partial charge in [0.2, 0.25) is 5.91 Å². The molecule has 1 aromatic carbocycles. The molecule has 1 heterocycles. The van der Waals surface area contributed by atoms with Crippen LogP contribution in [0.25, 0.3) is 0 Å². The third kappa shape index (κ3) is 6.51. The second kappa shape index (κ2) is 9.41. The number of nitrogens with zero attached hydrogens (tertiary/aromatic N) is 2. The molecule has 0 bridgehead atoms. The van der Waals surface area contributed by atoms with Crippen LogP contribution in [0, 0.1) is 0 Å². The molecule has 0 aliphatic carbocycles. The number of rotatable bonds is 6. The van der Waals surface area contributed by atoms with Gasteiger partial charge in [0, 0.05) is 32.2 Å². The molecule has 1 atom stereocenters. The zero-order valence-corrected chi connectivity index (χ0v) is 18.1. The Morgan fingerprint density at radius 1 is 1.04 bits per heavy atom. The Hall–Kier alpha value is -2.08. The van der Waals surface area contributed by atoms with E-state index in [4.69, 9.17) is 4.74 Å². The van der Waals surface area contributed by atoms with Crippen molar-refractivity contribution >= 4 is 11.8 Å². The summed E-state index contributed by atoms with van der Waals surface area (Å²) < 4.78 is 5.86. The van der Waals surface area contributed by atoms with Crippen LogP contribution in [0.2, 0.25) is 0 Å². The maximum absolute atomic E-state index is 12.7. The topological polar surface area (TPSA) is 61.9 Å². The number of carbonyl (C=O) groups excluding carboxylic acids is 2. The highest BCUT2D eigenvalue weighted by molar-refractivity contribution is 5.81. The first-order chi connectivity index (χ1) is 13.1. The van der Waals surface area contributed by atoms with Crippen LogP contribution in [-0.4, -0.2) is 66.5 Å². The first-order valence-electron chi connectivity index (χ1n) is 10.1. The van der Waals surface area contributed by atoms with Gasteiger partial charge in [-0.2, -0.15) is 0 Å². The van der Waals surface area contributed by atoms with Gasteiger partial charge in [-0.05, 0) is 43.9 Å². The summed E-state index contributed by atoms with van der Waals surface area (Å²) in [4.78, 5) is 28.5. The lowest BCUT2D eigenvalue weighted by Gasteiger charge is -2.35. The number of hydrogen-bond donors (Lipinski definition) is 1. The molecule has 0 spiro atoms. The average Bonchev–Trinajstić information content (AvgIpc) is 2.60. The van der Waals surface area contributed by atoms with Crippen LogP contribution >= 0.6 is 0 Å². The summed E-state index contributed by atoms with van der Waals surface area (Å²) in [6, 6.07) is 8.09. The van der Waals surface area contributed by atoms with Crippen LogP contribution in [0.5, 0.6) is 5.75 Å². The molecule has 1 aliphatic rings. The van der Waals surface area contributed by atoms with Gasteiger partial charge in [0.25, 0.3) is 5.91 Å². The Kier molecular flexibility index (Phi) is 7.47. The van der Waals surface area contributed by atoms with E-state index in [-0.39, 0.29) is 23.3 Å². The number of ether oxygens (including phenoxy) is 1. The lowest BCUT2D eigenvalue weighted by molar-refractivity contribution is -0.139. The molecule has 1 aliphatic heterocycles. The Bertz CT molecular complexity index is 657. The Morgan fingerprint density at radius 3 is 2.11 bits per heavy atom. The molecule has 2 amide bonds. The molecule has 156 valence electrons. The Balaban J connectivity index is 1.82. The minimum atomic E-state index is -0.531. The van der Waals surface area contributed by atoms with E-state index in [0.717, 1.165) is 0 Å². The van der Waals surface area contributed by atoms with Gasteiger partial charge in [0.1, 0.15) is 5.75 Å². The van der Waals surface area contributed by atoms with E-state index in [1.165, 1.54) is 5.56 Å². The smallest absolute Gasteiger partial charge is 0.263 e. The SMILES string of the molecule is CC(C)NC(=O)CN1CCN(C(=O)C(C)Oc2ccc(C(C)(C)C)cc2)CC1. The predicted octanol–water partition coefficient (Wildman–Crippen LogP) is 2.42. The van der Waals surface area contributed by atoms with Crippen LogP contribution in [-0.2, 0) is 15.0 Å². The third-order valence-corrected chi connectivity index (χ3v) is 4.88. The first kappa shape index (κ1) is 22.2. The standard InChI is InChI=1S/C22H35N3O3/c1-16(2)23-20(26)15-24-11-13-25(14-12-24)21(27)17(3)28-19-9-7-18(8-10-19)22(4,5)6/h7-10,16-17H,11-15H2,1-6H3,(H,23,26). The Morgan fingerprint density at radius 2 is 1.61 bits per heavy atom. The molecule has 2 rings (SSSR count). The van der Waals surface area contributed by atoms with Crippen molar-refractivity contribution in [3.8, 4) is 5.75 Å². The molecule has 1 fully saturated rings. The van der Waals surface area contributed by atoms with E-state index < -0.39 is 6.10 Å². The summed E-state index contributed by atoms with van der Waals surface area (Å²) in [5.74, 6) is 0.731. The van der Waals surface area contributed by atoms with Gasteiger partial charge >= 0.3 is 0 Å². The molecule has 1 N–H and O–H groups in total. The van der Waals surface area contributed by atoms with E-state index in [1.807, 2.05) is 43.0 Å². The molecular weight excluding hydrogens is 354 g/mol. The first-order valence-corrected chi connectivity index (χ1v) is 10.1. The highest BCUT2D eigenvalue weighted by Gasteiger charge is 2.27. The van der Waals surface area contributed by atoms with Gasteiger partial charge < -0.3 is 15.0 Å². The number of amides is 2. The molecule has 28 heavy (non-hydrogen) atoms. The van der Waals surface area contributed by atoms with E-state index in [2.05, 4.69) is 31.0 Å². The largest absolute Gasteiger partial charge is 0.481 e. The second-order valence-corrected chi connectivity index (χ2v) is 8.86. The van der Waals surface area contributed by atoms with Crippen LogP contribution in [0.1, 0.15) is 47.1 Å². The van der Waals surface area contributed by atoms with Gasteiger partial charge in [-0.3, -0.25) is 14.5 Å². The van der Waals surface area contributed by atoms with Gasteiger partial charge in [0.15, 0.2) is 6.10 Å². The summed E-state index contributed by atoms with van der Waals surface area (Å²) >= 11 is 0. The zero-order valence-electron chi connectivity index (χ0n) is 18.1. The fourth-order valence-corrected chi connectivity index (χ4v) is 3.24. The number of benzene rings is 1.